The first-order valence-electron chi connectivity index (χ1n) is 13.5. The molecule has 0 unspecified atom stereocenters. The fourth-order valence-corrected chi connectivity index (χ4v) is 5.07. The van der Waals surface area contributed by atoms with Crippen LogP contribution in [-0.4, -0.2) is 60.9 Å². The Labute approximate surface area is 229 Å². The SMILES string of the molecule is CCC(CC)C(=O)N1C[C@@H](O)[C@@H](Cc2ccccc2)N(Cc2ccc(O)cc2)C(=O)N1Cc1ccc(O)cc1. The van der Waals surface area contributed by atoms with Gasteiger partial charge in [0.15, 0.2) is 0 Å². The number of nitrogens with zero attached hydrogens (tertiary/aromatic N) is 3. The van der Waals surface area contributed by atoms with Gasteiger partial charge in [0.25, 0.3) is 0 Å². The zero-order valence-electron chi connectivity index (χ0n) is 22.5. The molecule has 0 radical (unpaired) electrons. The Morgan fingerprint density at radius 3 is 1.90 bits per heavy atom. The minimum atomic E-state index is -1.01. The van der Waals surface area contributed by atoms with Crippen LogP contribution in [0.4, 0.5) is 4.79 Å². The molecule has 1 saturated heterocycles. The molecule has 0 aliphatic carbocycles. The van der Waals surface area contributed by atoms with Crippen LogP contribution in [0, 0.1) is 5.92 Å². The monoisotopic (exact) mass is 531 g/mol. The number of aromatic hydroxyl groups is 2. The van der Waals surface area contributed by atoms with Crippen LogP contribution in [-0.2, 0) is 24.3 Å². The minimum absolute atomic E-state index is 0.0251. The predicted molar refractivity (Wildman–Crippen MR) is 148 cm³/mol. The normalized spacial score (nSPS) is 17.9. The molecular weight excluding hydrogens is 494 g/mol. The van der Waals surface area contributed by atoms with Crippen LogP contribution in [0.3, 0.4) is 0 Å². The summed E-state index contributed by atoms with van der Waals surface area (Å²) in [6.45, 7) is 4.15. The summed E-state index contributed by atoms with van der Waals surface area (Å²) in [6, 6.07) is 21.8. The van der Waals surface area contributed by atoms with Gasteiger partial charge in [-0.3, -0.25) is 4.79 Å². The van der Waals surface area contributed by atoms with Crippen LogP contribution in [0.15, 0.2) is 78.9 Å². The highest BCUT2D eigenvalue weighted by Gasteiger charge is 2.42. The number of urea groups is 1. The summed E-state index contributed by atoms with van der Waals surface area (Å²) in [5, 5.41) is 34.0. The van der Waals surface area contributed by atoms with Gasteiger partial charge < -0.3 is 20.2 Å². The average Bonchev–Trinajstić information content (AvgIpc) is 3.03. The topological polar surface area (TPSA) is 105 Å². The van der Waals surface area contributed by atoms with Crippen molar-refractivity contribution in [2.75, 3.05) is 6.54 Å². The first kappa shape index (κ1) is 28.0. The van der Waals surface area contributed by atoms with Crippen LogP contribution in [0.1, 0.15) is 43.4 Å². The first-order chi connectivity index (χ1) is 18.8. The molecule has 4 rings (SSSR count). The Morgan fingerprint density at radius 2 is 1.36 bits per heavy atom. The Hall–Kier alpha value is -4.04. The molecule has 1 aliphatic rings. The standard InChI is InChI=1S/C31H37N3O5/c1-3-25(4-2)30(38)33-21-29(37)28(18-22-8-6-5-7-9-22)32(19-23-10-14-26(35)15-11-23)31(39)34(33)20-24-12-16-27(36)17-13-24/h5-17,25,28-29,35-37H,3-4,18-21H2,1-2H3/t28-,29-/m1/s1. The number of benzene rings is 3. The van der Waals surface area contributed by atoms with Crippen LogP contribution in [0.2, 0.25) is 0 Å². The van der Waals surface area contributed by atoms with E-state index in [-0.39, 0.29) is 43.0 Å². The van der Waals surface area contributed by atoms with Crippen molar-refractivity contribution in [3.05, 3.63) is 95.6 Å². The highest BCUT2D eigenvalue weighted by molar-refractivity contribution is 5.83. The van der Waals surface area contributed by atoms with Crippen molar-refractivity contribution >= 4 is 11.9 Å². The summed E-state index contributed by atoms with van der Waals surface area (Å²) in [5.74, 6) is -0.254. The summed E-state index contributed by atoms with van der Waals surface area (Å²) >= 11 is 0. The Kier molecular flexibility index (Phi) is 9.09. The molecule has 8 nitrogen and oxygen atoms in total. The van der Waals surface area contributed by atoms with E-state index in [2.05, 4.69) is 0 Å². The molecule has 0 spiro atoms. The molecule has 0 saturated carbocycles. The van der Waals surface area contributed by atoms with Gasteiger partial charge in [0.05, 0.1) is 25.2 Å². The maximum absolute atomic E-state index is 14.4. The number of hydrogen-bond donors (Lipinski definition) is 3. The molecule has 3 aromatic carbocycles. The predicted octanol–water partition coefficient (Wildman–Crippen LogP) is 4.69. The quantitative estimate of drug-likeness (QED) is 0.372. The highest BCUT2D eigenvalue weighted by Crippen LogP contribution is 2.27. The lowest BCUT2D eigenvalue weighted by molar-refractivity contribution is -0.152. The number of hydrogen-bond acceptors (Lipinski definition) is 5. The van der Waals surface area contributed by atoms with E-state index in [1.165, 1.54) is 10.0 Å². The number of amides is 3. The van der Waals surface area contributed by atoms with Crippen molar-refractivity contribution in [1.82, 2.24) is 14.9 Å². The van der Waals surface area contributed by atoms with Gasteiger partial charge in [-0.25, -0.2) is 14.8 Å². The van der Waals surface area contributed by atoms with Gasteiger partial charge in [-0.05, 0) is 60.2 Å². The van der Waals surface area contributed by atoms with Crippen molar-refractivity contribution in [3.63, 3.8) is 0 Å². The second-order valence-corrected chi connectivity index (χ2v) is 10.1. The molecule has 3 amide bonds. The first-order valence-corrected chi connectivity index (χ1v) is 13.5. The zero-order chi connectivity index (χ0) is 27.9. The van der Waals surface area contributed by atoms with Gasteiger partial charge in [0.2, 0.25) is 5.91 Å². The van der Waals surface area contributed by atoms with Crippen LogP contribution in [0.25, 0.3) is 0 Å². The molecule has 3 aromatic rings. The highest BCUT2D eigenvalue weighted by atomic mass is 16.3. The number of carbonyl (C=O) groups is 2. The molecule has 3 N–H and O–H groups in total. The number of hydrazine groups is 1. The number of β-amino-alcohol motifs (C(OH)–C–C–N with tert-alkyl or cyclic N) is 1. The maximum Gasteiger partial charge on any atom is 0.339 e. The van der Waals surface area contributed by atoms with E-state index in [9.17, 15) is 24.9 Å². The summed E-state index contributed by atoms with van der Waals surface area (Å²) in [7, 11) is 0. The molecule has 8 heteroatoms. The van der Waals surface area contributed by atoms with Crippen LogP contribution in [0.5, 0.6) is 11.5 Å². The van der Waals surface area contributed by atoms with E-state index >= 15 is 0 Å². The molecule has 39 heavy (non-hydrogen) atoms. The summed E-state index contributed by atoms with van der Waals surface area (Å²) < 4.78 is 0. The third kappa shape index (κ3) is 6.70. The van der Waals surface area contributed by atoms with E-state index in [1.807, 2.05) is 44.2 Å². The summed E-state index contributed by atoms with van der Waals surface area (Å²) in [6.07, 6.45) is 0.641. The van der Waals surface area contributed by atoms with Crippen molar-refractivity contribution in [2.24, 2.45) is 5.92 Å². The number of rotatable bonds is 9. The fraction of sp³-hybridized carbons (Fsp3) is 0.355. The number of phenolic OH excluding ortho intramolecular Hbond substituents is 2. The van der Waals surface area contributed by atoms with Gasteiger partial charge in [-0.2, -0.15) is 0 Å². The Morgan fingerprint density at radius 1 is 0.821 bits per heavy atom. The lowest BCUT2D eigenvalue weighted by Gasteiger charge is -2.37. The van der Waals surface area contributed by atoms with E-state index in [0.717, 1.165) is 16.7 Å². The van der Waals surface area contributed by atoms with Gasteiger partial charge in [0, 0.05) is 12.5 Å². The second-order valence-electron chi connectivity index (χ2n) is 10.1. The molecule has 2 atom stereocenters. The van der Waals surface area contributed by atoms with Crippen molar-refractivity contribution in [2.45, 2.75) is 58.3 Å². The Bertz CT molecular complexity index is 1230. The summed E-state index contributed by atoms with van der Waals surface area (Å²) in [5.41, 5.74) is 2.50. The average molecular weight is 532 g/mol. The van der Waals surface area contributed by atoms with Gasteiger partial charge in [-0.1, -0.05) is 68.4 Å². The molecule has 0 aromatic heterocycles. The van der Waals surface area contributed by atoms with Crippen molar-refractivity contribution < 1.29 is 24.9 Å². The van der Waals surface area contributed by atoms with Crippen molar-refractivity contribution in [1.29, 1.82) is 0 Å². The van der Waals surface area contributed by atoms with E-state index in [0.29, 0.717) is 19.3 Å². The number of phenols is 2. The zero-order valence-corrected chi connectivity index (χ0v) is 22.5. The van der Waals surface area contributed by atoms with E-state index < -0.39 is 18.2 Å². The number of aliphatic hydroxyl groups is 1. The minimum Gasteiger partial charge on any atom is -0.508 e. The van der Waals surface area contributed by atoms with Gasteiger partial charge in [0.1, 0.15) is 11.5 Å². The largest absolute Gasteiger partial charge is 0.508 e. The third-order valence-corrected chi connectivity index (χ3v) is 7.40. The molecule has 206 valence electrons. The molecule has 1 heterocycles. The number of carbonyl (C=O) groups excluding carboxylic acids is 2. The fourth-order valence-electron chi connectivity index (χ4n) is 5.07. The van der Waals surface area contributed by atoms with E-state index in [4.69, 9.17) is 0 Å². The second kappa shape index (κ2) is 12.7. The van der Waals surface area contributed by atoms with Gasteiger partial charge >= 0.3 is 6.03 Å². The van der Waals surface area contributed by atoms with Crippen LogP contribution >= 0.6 is 0 Å². The molecular formula is C31H37N3O5. The molecule has 1 fully saturated rings. The van der Waals surface area contributed by atoms with Gasteiger partial charge in [-0.15, -0.1) is 0 Å². The molecule has 0 bridgehead atoms. The lowest BCUT2D eigenvalue weighted by atomic mass is 9.98. The van der Waals surface area contributed by atoms with E-state index in [1.54, 1.807) is 53.4 Å². The van der Waals surface area contributed by atoms with Crippen LogP contribution < -0.4 is 0 Å². The Balaban J connectivity index is 1.77. The van der Waals surface area contributed by atoms with Crippen molar-refractivity contribution in [3.8, 4) is 11.5 Å². The number of aliphatic hydroxyl groups excluding tert-OH is 1. The smallest absolute Gasteiger partial charge is 0.339 e. The maximum atomic E-state index is 14.4. The summed E-state index contributed by atoms with van der Waals surface area (Å²) in [4.78, 5) is 29.8. The molecule has 1 aliphatic heterocycles. The lowest BCUT2D eigenvalue weighted by Crippen LogP contribution is -2.53. The third-order valence-electron chi connectivity index (χ3n) is 7.40.